The number of hydrogen-bond acceptors (Lipinski definition) is 3. The van der Waals surface area contributed by atoms with Crippen LogP contribution >= 0.6 is 15.9 Å². The summed E-state index contributed by atoms with van der Waals surface area (Å²) in [5.41, 5.74) is 6.81. The first-order chi connectivity index (χ1) is 10.9. The Labute approximate surface area is 145 Å². The number of rotatable bonds is 6. The van der Waals surface area contributed by atoms with E-state index in [1.54, 1.807) is 12.1 Å². The first-order valence-electron chi connectivity index (χ1n) is 7.40. The van der Waals surface area contributed by atoms with Gasteiger partial charge in [0.1, 0.15) is 12.4 Å². The van der Waals surface area contributed by atoms with Crippen LogP contribution in [0.15, 0.2) is 53.0 Å². The number of para-hydroxylation sites is 1. The van der Waals surface area contributed by atoms with Crippen molar-refractivity contribution in [3.63, 3.8) is 0 Å². The highest BCUT2D eigenvalue weighted by Gasteiger charge is 2.19. The predicted octanol–water partition coefficient (Wildman–Crippen LogP) is 3.50. The molecule has 4 nitrogen and oxygen atoms in total. The molecule has 0 saturated heterocycles. The van der Waals surface area contributed by atoms with Gasteiger partial charge in [-0.2, -0.15) is 0 Å². The zero-order valence-corrected chi connectivity index (χ0v) is 14.9. The van der Waals surface area contributed by atoms with Gasteiger partial charge in [0.05, 0.1) is 4.47 Å². The van der Waals surface area contributed by atoms with Gasteiger partial charge in [0.15, 0.2) is 0 Å². The highest BCUT2D eigenvalue weighted by Crippen LogP contribution is 2.24. The number of ether oxygens (including phenoxy) is 1. The van der Waals surface area contributed by atoms with Crippen LogP contribution in [0.1, 0.15) is 29.8 Å². The molecule has 2 aromatic carbocycles. The second-order valence-corrected chi connectivity index (χ2v) is 6.81. The van der Waals surface area contributed by atoms with Gasteiger partial charge in [0.2, 0.25) is 0 Å². The Morgan fingerprint density at radius 3 is 2.43 bits per heavy atom. The largest absolute Gasteiger partial charge is 0.488 e. The van der Waals surface area contributed by atoms with Crippen molar-refractivity contribution >= 4 is 21.8 Å². The lowest BCUT2D eigenvalue weighted by Crippen LogP contribution is -2.48. The van der Waals surface area contributed by atoms with Crippen LogP contribution in [0.5, 0.6) is 5.75 Å². The summed E-state index contributed by atoms with van der Waals surface area (Å²) in [4.78, 5) is 12.2. The molecule has 0 aliphatic carbocycles. The highest BCUT2D eigenvalue weighted by molar-refractivity contribution is 9.10. The number of carbonyl (C=O) groups is 1. The summed E-state index contributed by atoms with van der Waals surface area (Å²) < 4.78 is 6.67. The molecule has 0 atom stereocenters. The lowest BCUT2D eigenvalue weighted by atomic mass is 10.0. The number of halogens is 1. The van der Waals surface area contributed by atoms with E-state index in [0.717, 1.165) is 15.8 Å². The van der Waals surface area contributed by atoms with E-state index >= 15 is 0 Å². The zero-order chi connectivity index (χ0) is 16.9. The monoisotopic (exact) mass is 376 g/mol. The molecule has 0 bridgehead atoms. The molecule has 5 heteroatoms. The second kappa shape index (κ2) is 7.62. The molecule has 3 N–H and O–H groups in total. The van der Waals surface area contributed by atoms with Gasteiger partial charge in [-0.15, -0.1) is 0 Å². The number of nitrogens with one attached hydrogen (secondary N) is 1. The maximum absolute atomic E-state index is 12.2. The van der Waals surface area contributed by atoms with Crippen molar-refractivity contribution in [3.05, 3.63) is 64.1 Å². The van der Waals surface area contributed by atoms with Crippen LogP contribution < -0.4 is 15.8 Å². The van der Waals surface area contributed by atoms with E-state index in [4.69, 9.17) is 10.5 Å². The molecule has 0 aromatic heterocycles. The van der Waals surface area contributed by atoms with Crippen LogP contribution in [0.3, 0.4) is 0 Å². The van der Waals surface area contributed by atoms with E-state index in [1.807, 2.05) is 50.2 Å². The molecule has 122 valence electrons. The van der Waals surface area contributed by atoms with Crippen LogP contribution in [0.4, 0.5) is 0 Å². The van der Waals surface area contributed by atoms with E-state index in [-0.39, 0.29) is 5.91 Å². The van der Waals surface area contributed by atoms with Crippen molar-refractivity contribution in [2.45, 2.75) is 26.0 Å². The maximum atomic E-state index is 12.2. The van der Waals surface area contributed by atoms with E-state index in [0.29, 0.717) is 18.7 Å². The standard InChI is InChI=1S/C18H21BrN2O2/c1-18(2,12-20)21-17(22)14-9-7-13(8-10-14)11-23-16-6-4-3-5-15(16)19/h3-10H,11-12,20H2,1-2H3,(H,21,22). The smallest absolute Gasteiger partial charge is 0.251 e. The molecule has 23 heavy (non-hydrogen) atoms. The molecule has 0 unspecified atom stereocenters. The van der Waals surface area contributed by atoms with Crippen LogP contribution in [0.25, 0.3) is 0 Å². The minimum atomic E-state index is -0.418. The predicted molar refractivity (Wildman–Crippen MR) is 95.5 cm³/mol. The van der Waals surface area contributed by atoms with E-state index in [9.17, 15) is 4.79 Å². The first-order valence-corrected chi connectivity index (χ1v) is 8.19. The van der Waals surface area contributed by atoms with E-state index in [2.05, 4.69) is 21.2 Å². The molecule has 0 heterocycles. The Bertz CT molecular complexity index is 669. The van der Waals surface area contributed by atoms with Crippen molar-refractivity contribution in [2.24, 2.45) is 5.73 Å². The third-order valence-corrected chi connectivity index (χ3v) is 4.06. The maximum Gasteiger partial charge on any atom is 0.251 e. The Hall–Kier alpha value is -1.85. The molecule has 0 aliphatic rings. The van der Waals surface area contributed by atoms with E-state index in [1.165, 1.54) is 0 Å². The topological polar surface area (TPSA) is 64.3 Å². The molecule has 0 saturated carbocycles. The number of hydrogen-bond donors (Lipinski definition) is 2. The fourth-order valence-corrected chi connectivity index (χ4v) is 2.30. The lowest BCUT2D eigenvalue weighted by molar-refractivity contribution is 0.0915. The van der Waals surface area contributed by atoms with Gasteiger partial charge in [-0.05, 0) is 59.6 Å². The third-order valence-electron chi connectivity index (χ3n) is 3.41. The molecule has 0 aliphatic heterocycles. The van der Waals surface area contributed by atoms with Gasteiger partial charge in [-0.25, -0.2) is 0 Å². The number of benzene rings is 2. The first kappa shape index (κ1) is 17.5. The summed E-state index contributed by atoms with van der Waals surface area (Å²) in [6, 6.07) is 15.1. The summed E-state index contributed by atoms with van der Waals surface area (Å²) in [7, 11) is 0. The fraction of sp³-hybridized carbons (Fsp3) is 0.278. The second-order valence-electron chi connectivity index (χ2n) is 5.96. The molecular weight excluding hydrogens is 356 g/mol. The molecule has 2 rings (SSSR count). The fourth-order valence-electron chi connectivity index (χ4n) is 1.91. The summed E-state index contributed by atoms with van der Waals surface area (Å²) in [5.74, 6) is 0.665. The van der Waals surface area contributed by atoms with E-state index < -0.39 is 5.54 Å². The normalized spacial score (nSPS) is 11.1. The zero-order valence-electron chi connectivity index (χ0n) is 13.3. The lowest BCUT2D eigenvalue weighted by Gasteiger charge is -2.24. The van der Waals surface area contributed by atoms with Gasteiger partial charge in [0.25, 0.3) is 5.91 Å². The Morgan fingerprint density at radius 2 is 1.83 bits per heavy atom. The Morgan fingerprint density at radius 1 is 1.17 bits per heavy atom. The molecule has 0 fully saturated rings. The highest BCUT2D eigenvalue weighted by atomic mass is 79.9. The summed E-state index contributed by atoms with van der Waals surface area (Å²) >= 11 is 3.45. The van der Waals surface area contributed by atoms with Crippen LogP contribution in [0.2, 0.25) is 0 Å². The van der Waals surface area contributed by atoms with Crippen LogP contribution in [-0.2, 0) is 6.61 Å². The molecular formula is C18H21BrN2O2. The number of amides is 1. The van der Waals surface area contributed by atoms with Crippen molar-refractivity contribution in [1.29, 1.82) is 0 Å². The molecule has 2 aromatic rings. The van der Waals surface area contributed by atoms with Gasteiger partial charge in [-0.1, -0.05) is 24.3 Å². The minimum absolute atomic E-state index is 0.126. The molecule has 0 radical (unpaired) electrons. The van der Waals surface area contributed by atoms with Gasteiger partial charge in [0, 0.05) is 17.6 Å². The quantitative estimate of drug-likeness (QED) is 0.810. The van der Waals surface area contributed by atoms with Gasteiger partial charge in [-0.3, -0.25) is 4.79 Å². The Kier molecular flexibility index (Phi) is 5.80. The summed E-state index contributed by atoms with van der Waals surface area (Å²) in [5, 5.41) is 2.91. The Balaban J connectivity index is 1.97. The SMILES string of the molecule is CC(C)(CN)NC(=O)c1ccc(COc2ccccc2Br)cc1. The molecule has 1 amide bonds. The average Bonchev–Trinajstić information content (AvgIpc) is 2.54. The van der Waals surface area contributed by atoms with Crippen LogP contribution in [0, 0.1) is 0 Å². The molecule has 0 spiro atoms. The minimum Gasteiger partial charge on any atom is -0.488 e. The summed E-state index contributed by atoms with van der Waals surface area (Å²) in [6.07, 6.45) is 0. The number of carbonyl (C=O) groups excluding carboxylic acids is 1. The van der Waals surface area contributed by atoms with Gasteiger partial charge < -0.3 is 15.8 Å². The van der Waals surface area contributed by atoms with Crippen molar-refractivity contribution in [1.82, 2.24) is 5.32 Å². The third kappa shape index (κ3) is 5.08. The van der Waals surface area contributed by atoms with Gasteiger partial charge >= 0.3 is 0 Å². The average molecular weight is 377 g/mol. The number of nitrogens with two attached hydrogens (primary N) is 1. The van der Waals surface area contributed by atoms with Crippen molar-refractivity contribution in [2.75, 3.05) is 6.54 Å². The summed E-state index contributed by atoms with van der Waals surface area (Å²) in [6.45, 7) is 4.62. The van der Waals surface area contributed by atoms with Crippen molar-refractivity contribution in [3.8, 4) is 5.75 Å². The van der Waals surface area contributed by atoms with Crippen molar-refractivity contribution < 1.29 is 9.53 Å². The van der Waals surface area contributed by atoms with Crippen LogP contribution in [-0.4, -0.2) is 18.0 Å².